The predicted molar refractivity (Wildman–Crippen MR) is 106 cm³/mol. The smallest absolute Gasteiger partial charge is 0.249 e. The van der Waals surface area contributed by atoms with Gasteiger partial charge in [-0.3, -0.25) is 9.59 Å². The van der Waals surface area contributed by atoms with Crippen molar-refractivity contribution in [3.8, 4) is 0 Å². The summed E-state index contributed by atoms with van der Waals surface area (Å²) < 4.78 is 10.8. The van der Waals surface area contributed by atoms with E-state index in [9.17, 15) is 14.7 Å². The molecule has 150 valence electrons. The van der Waals surface area contributed by atoms with Crippen LogP contribution in [0.1, 0.15) is 24.8 Å². The van der Waals surface area contributed by atoms with E-state index in [2.05, 4.69) is 0 Å². The molecule has 3 rings (SSSR count). The minimum absolute atomic E-state index is 0. The van der Waals surface area contributed by atoms with E-state index in [0.717, 1.165) is 12.0 Å². The Balaban J connectivity index is 0.00000261. The fourth-order valence-electron chi connectivity index (χ4n) is 3.40. The molecule has 1 aromatic carbocycles. The average molecular weight is 416 g/mol. The zero-order chi connectivity index (χ0) is 18.5. The van der Waals surface area contributed by atoms with Crippen LogP contribution < -0.4 is 0 Å². The topological polar surface area (TPSA) is 76.1 Å². The molecular weight excluding hydrogens is 390 g/mol. The lowest BCUT2D eigenvalue weighted by Crippen LogP contribution is -2.43. The highest BCUT2D eigenvalue weighted by Gasteiger charge is 2.38. The first-order valence-electron chi connectivity index (χ1n) is 8.97. The number of aliphatic hydroxyl groups excluding tert-OH is 1. The molecule has 2 saturated heterocycles. The third-order valence-electron chi connectivity index (χ3n) is 4.87. The van der Waals surface area contributed by atoms with Gasteiger partial charge in [-0.25, -0.2) is 0 Å². The summed E-state index contributed by atoms with van der Waals surface area (Å²) in [5.41, 5.74) is 1.02. The number of β-amino-alcohol motifs (C(OH)–C–C–N with tert-alkyl or cyclic N) is 1. The first-order valence-corrected chi connectivity index (χ1v) is 9.35. The summed E-state index contributed by atoms with van der Waals surface area (Å²) in [5.74, 6) is -0.285. The lowest BCUT2D eigenvalue weighted by molar-refractivity contribution is -0.143. The first kappa shape index (κ1) is 22.2. The second-order valence-corrected chi connectivity index (χ2v) is 7.28. The Morgan fingerprint density at radius 2 is 2.04 bits per heavy atom. The van der Waals surface area contributed by atoms with E-state index in [1.807, 2.05) is 12.1 Å². The number of amides is 1. The van der Waals surface area contributed by atoms with Crippen LogP contribution in [0.3, 0.4) is 0 Å². The number of hydrogen-bond acceptors (Lipinski definition) is 5. The molecule has 2 fully saturated rings. The number of Topliss-reactive ketones (excluding diaryl/α,β-unsaturated/α-hetero) is 1. The van der Waals surface area contributed by atoms with E-state index >= 15 is 0 Å². The molecule has 0 aliphatic carbocycles. The Kier molecular flexibility index (Phi) is 8.57. The molecule has 3 atom stereocenters. The average Bonchev–Trinajstić information content (AvgIpc) is 3.28. The Hall–Kier alpha value is -1.12. The highest BCUT2D eigenvalue weighted by atomic mass is 35.5. The third-order valence-corrected chi connectivity index (χ3v) is 5.13. The summed E-state index contributed by atoms with van der Waals surface area (Å²) in [4.78, 5) is 26.5. The van der Waals surface area contributed by atoms with E-state index in [1.54, 1.807) is 12.1 Å². The Labute approximate surface area is 171 Å². The number of carbonyl (C=O) groups excluding carboxylic acids is 2. The fraction of sp³-hybridized carbons (Fsp3) is 0.579. The molecule has 27 heavy (non-hydrogen) atoms. The van der Waals surface area contributed by atoms with Gasteiger partial charge in [0.15, 0.2) is 5.78 Å². The van der Waals surface area contributed by atoms with Crippen molar-refractivity contribution in [1.82, 2.24) is 4.90 Å². The molecule has 2 aliphatic heterocycles. The van der Waals surface area contributed by atoms with Crippen molar-refractivity contribution >= 4 is 36.8 Å². The van der Waals surface area contributed by atoms with Crippen molar-refractivity contribution in [2.75, 3.05) is 26.4 Å². The molecule has 0 radical (unpaired) electrons. The molecule has 0 unspecified atom stereocenters. The van der Waals surface area contributed by atoms with Gasteiger partial charge in [0.05, 0.1) is 24.9 Å². The monoisotopic (exact) mass is 415 g/mol. The summed E-state index contributed by atoms with van der Waals surface area (Å²) in [6.45, 7) is 1.24. The van der Waals surface area contributed by atoms with Gasteiger partial charge in [-0.15, -0.1) is 0 Å². The van der Waals surface area contributed by atoms with Crippen LogP contribution in [0.15, 0.2) is 24.3 Å². The molecule has 2 heterocycles. The van der Waals surface area contributed by atoms with Gasteiger partial charge in [-0.05, 0) is 30.5 Å². The van der Waals surface area contributed by atoms with Gasteiger partial charge in [0.1, 0.15) is 6.61 Å². The SMILES string of the molecule is O=C(CCc1ccc(Cl)cc1)[C@@H]1C[C@@H](O)CN1C(=O)CO[C@H]1CCOC1.S. The van der Waals surface area contributed by atoms with Crippen molar-refractivity contribution in [1.29, 1.82) is 0 Å². The van der Waals surface area contributed by atoms with Gasteiger partial charge in [-0.2, -0.15) is 13.5 Å². The number of nitrogens with zero attached hydrogens (tertiary/aromatic N) is 1. The number of ether oxygens (including phenoxy) is 2. The maximum Gasteiger partial charge on any atom is 0.249 e. The Morgan fingerprint density at radius 1 is 1.30 bits per heavy atom. The Bertz CT molecular complexity index is 635. The summed E-state index contributed by atoms with van der Waals surface area (Å²) in [5, 5.41) is 10.6. The first-order chi connectivity index (χ1) is 12.5. The van der Waals surface area contributed by atoms with Gasteiger partial charge < -0.3 is 19.5 Å². The van der Waals surface area contributed by atoms with Crippen molar-refractivity contribution in [2.45, 2.75) is 43.9 Å². The van der Waals surface area contributed by atoms with Gasteiger partial charge in [0.25, 0.3) is 0 Å². The second kappa shape index (κ2) is 10.4. The highest BCUT2D eigenvalue weighted by Crippen LogP contribution is 2.22. The van der Waals surface area contributed by atoms with Crippen LogP contribution in [0.25, 0.3) is 0 Å². The fourth-order valence-corrected chi connectivity index (χ4v) is 3.52. The van der Waals surface area contributed by atoms with Gasteiger partial charge in [0.2, 0.25) is 5.91 Å². The van der Waals surface area contributed by atoms with E-state index in [4.69, 9.17) is 21.1 Å². The number of hydrogen-bond donors (Lipinski definition) is 1. The van der Waals surface area contributed by atoms with Crippen LogP contribution in [0, 0.1) is 0 Å². The zero-order valence-corrected chi connectivity index (χ0v) is 16.9. The minimum atomic E-state index is -0.668. The van der Waals surface area contributed by atoms with Crippen molar-refractivity contribution in [2.24, 2.45) is 0 Å². The van der Waals surface area contributed by atoms with Crippen LogP contribution in [0.2, 0.25) is 5.02 Å². The molecular formula is C19H26ClNO5S. The summed E-state index contributed by atoms with van der Waals surface area (Å²) in [6, 6.07) is 6.79. The minimum Gasteiger partial charge on any atom is -0.391 e. The van der Waals surface area contributed by atoms with E-state index < -0.39 is 12.1 Å². The maximum atomic E-state index is 12.6. The standard InChI is InChI=1S/C19H24ClNO5.H2S/c20-14-4-1-13(2-5-14)3-6-18(23)17-9-15(22)10-21(17)19(24)12-26-16-7-8-25-11-16;/h1-2,4-5,15-17,22H,3,6-12H2;1H2/t15-,16+,17+;/m1./s1. The number of carbonyl (C=O) groups is 2. The normalized spacial score (nSPS) is 24.7. The molecule has 6 nitrogen and oxygen atoms in total. The van der Waals surface area contributed by atoms with Gasteiger partial charge >= 0.3 is 0 Å². The van der Waals surface area contributed by atoms with Crippen LogP contribution in [-0.2, 0) is 25.5 Å². The number of halogens is 1. The van der Waals surface area contributed by atoms with Gasteiger partial charge in [0, 0.05) is 31.0 Å². The third kappa shape index (κ3) is 6.19. The van der Waals surface area contributed by atoms with Gasteiger partial charge in [-0.1, -0.05) is 23.7 Å². The van der Waals surface area contributed by atoms with Crippen LogP contribution in [0.4, 0.5) is 0 Å². The lowest BCUT2D eigenvalue weighted by atomic mass is 10.0. The van der Waals surface area contributed by atoms with E-state index in [0.29, 0.717) is 31.1 Å². The largest absolute Gasteiger partial charge is 0.391 e. The van der Waals surface area contributed by atoms with E-state index in [1.165, 1.54) is 4.90 Å². The number of benzene rings is 1. The summed E-state index contributed by atoms with van der Waals surface area (Å²) in [7, 11) is 0. The summed E-state index contributed by atoms with van der Waals surface area (Å²) in [6.07, 6.45) is 1.24. The molecule has 1 N–H and O–H groups in total. The molecule has 0 saturated carbocycles. The molecule has 2 aliphatic rings. The molecule has 8 heteroatoms. The van der Waals surface area contributed by atoms with Crippen LogP contribution in [0.5, 0.6) is 0 Å². The molecule has 0 spiro atoms. The summed E-state index contributed by atoms with van der Waals surface area (Å²) >= 11 is 5.87. The maximum absolute atomic E-state index is 12.6. The number of aryl methyl sites for hydroxylation is 1. The highest BCUT2D eigenvalue weighted by molar-refractivity contribution is 7.59. The molecule has 1 amide bonds. The number of rotatable bonds is 7. The zero-order valence-electron chi connectivity index (χ0n) is 15.1. The number of ketones is 1. The number of likely N-dealkylation sites (tertiary alicyclic amines) is 1. The number of aliphatic hydroxyl groups is 1. The van der Waals surface area contributed by atoms with Crippen LogP contribution >= 0.6 is 25.1 Å². The van der Waals surface area contributed by atoms with Crippen molar-refractivity contribution in [3.05, 3.63) is 34.9 Å². The molecule has 1 aromatic rings. The van der Waals surface area contributed by atoms with Crippen LogP contribution in [-0.4, -0.2) is 66.3 Å². The van der Waals surface area contributed by atoms with Crippen molar-refractivity contribution in [3.63, 3.8) is 0 Å². The molecule has 0 bridgehead atoms. The molecule has 0 aromatic heterocycles. The predicted octanol–water partition coefficient (Wildman–Crippen LogP) is 1.72. The van der Waals surface area contributed by atoms with E-state index in [-0.39, 0.29) is 50.9 Å². The second-order valence-electron chi connectivity index (χ2n) is 6.84. The lowest BCUT2D eigenvalue weighted by Gasteiger charge is -2.24. The van der Waals surface area contributed by atoms with Crippen molar-refractivity contribution < 1.29 is 24.2 Å². The Morgan fingerprint density at radius 3 is 2.70 bits per heavy atom. The quantitative estimate of drug-likeness (QED) is 0.733.